The Kier molecular flexibility index (Phi) is 7.20. The van der Waals surface area contributed by atoms with Crippen molar-refractivity contribution >= 4 is 50.7 Å². The highest BCUT2D eigenvalue weighted by atomic mass is 35.5. The van der Waals surface area contributed by atoms with Crippen LogP contribution in [0, 0.1) is 6.92 Å². The Morgan fingerprint density at radius 1 is 1.03 bits per heavy atom. The minimum atomic E-state index is -4.19. The molecule has 0 unspecified atom stereocenters. The van der Waals surface area contributed by atoms with Crippen molar-refractivity contribution in [3.8, 4) is 11.5 Å². The van der Waals surface area contributed by atoms with Gasteiger partial charge in [0.15, 0.2) is 11.5 Å². The SMILES string of the molecule is COc1cccc(/C=C2\SC(=O)N(Cc3cccc(Cl)c3)C2=O)c1OS(=O)(=O)c1ccc(C)cc1. The quantitative estimate of drug-likeness (QED) is 0.288. The van der Waals surface area contributed by atoms with Gasteiger partial charge in [-0.1, -0.05) is 53.6 Å². The molecule has 1 aliphatic heterocycles. The van der Waals surface area contributed by atoms with E-state index in [2.05, 4.69) is 0 Å². The number of methoxy groups -OCH3 is 1. The highest BCUT2D eigenvalue weighted by Crippen LogP contribution is 2.39. The first-order valence-corrected chi connectivity index (χ1v) is 13.0. The van der Waals surface area contributed by atoms with E-state index in [1.165, 1.54) is 25.3 Å². The predicted molar refractivity (Wildman–Crippen MR) is 135 cm³/mol. The van der Waals surface area contributed by atoms with Crippen molar-refractivity contribution in [3.63, 3.8) is 0 Å². The fourth-order valence-electron chi connectivity index (χ4n) is 3.35. The van der Waals surface area contributed by atoms with Gasteiger partial charge in [-0.15, -0.1) is 0 Å². The molecule has 35 heavy (non-hydrogen) atoms. The fourth-order valence-corrected chi connectivity index (χ4v) is 5.36. The Morgan fingerprint density at radius 3 is 2.43 bits per heavy atom. The number of benzene rings is 3. The van der Waals surface area contributed by atoms with Gasteiger partial charge in [0.1, 0.15) is 4.90 Å². The standard InChI is InChI=1S/C25H20ClNO6S2/c1-16-9-11-20(12-10-16)35(30,31)33-23-18(6-4-8-21(23)32-2)14-22-24(28)27(25(29)34-22)15-17-5-3-7-19(26)13-17/h3-14H,15H2,1-2H3/b22-14-. The number of rotatable bonds is 7. The van der Waals surface area contributed by atoms with Crippen LogP contribution in [0.5, 0.6) is 11.5 Å². The van der Waals surface area contributed by atoms with Crippen molar-refractivity contribution in [3.05, 3.63) is 93.3 Å². The van der Waals surface area contributed by atoms with Gasteiger partial charge in [-0.25, -0.2) is 0 Å². The van der Waals surface area contributed by atoms with Crippen LogP contribution in [0.2, 0.25) is 5.02 Å². The Balaban J connectivity index is 1.66. The Morgan fingerprint density at radius 2 is 1.74 bits per heavy atom. The van der Waals surface area contributed by atoms with Crippen LogP contribution in [0.1, 0.15) is 16.7 Å². The molecule has 3 aromatic carbocycles. The Labute approximate surface area is 212 Å². The Bertz CT molecular complexity index is 1430. The zero-order valence-corrected chi connectivity index (χ0v) is 21.1. The summed E-state index contributed by atoms with van der Waals surface area (Å²) >= 11 is 6.77. The molecule has 1 aliphatic rings. The number of thioether (sulfide) groups is 1. The normalized spacial score (nSPS) is 15.1. The third-order valence-electron chi connectivity index (χ3n) is 5.12. The van der Waals surface area contributed by atoms with E-state index in [1.807, 2.05) is 6.92 Å². The van der Waals surface area contributed by atoms with Crippen LogP contribution in [0.4, 0.5) is 4.79 Å². The summed E-state index contributed by atoms with van der Waals surface area (Å²) in [6.07, 6.45) is 1.42. The van der Waals surface area contributed by atoms with E-state index in [0.717, 1.165) is 22.2 Å². The molecular formula is C25H20ClNO6S2. The van der Waals surface area contributed by atoms with E-state index in [1.54, 1.807) is 54.6 Å². The minimum Gasteiger partial charge on any atom is -0.493 e. The summed E-state index contributed by atoms with van der Waals surface area (Å²) < 4.78 is 36.6. The van der Waals surface area contributed by atoms with Gasteiger partial charge in [0, 0.05) is 10.6 Å². The largest absolute Gasteiger partial charge is 0.493 e. The number of nitrogens with zero attached hydrogens (tertiary/aromatic N) is 1. The van der Waals surface area contributed by atoms with Crippen LogP contribution >= 0.6 is 23.4 Å². The average Bonchev–Trinajstić information content (AvgIpc) is 3.07. The van der Waals surface area contributed by atoms with Gasteiger partial charge < -0.3 is 8.92 Å². The van der Waals surface area contributed by atoms with Crippen LogP contribution in [0.25, 0.3) is 6.08 Å². The van der Waals surface area contributed by atoms with Gasteiger partial charge in [0.05, 0.1) is 18.6 Å². The topological polar surface area (TPSA) is 90.0 Å². The summed E-state index contributed by atoms with van der Waals surface area (Å²) in [6.45, 7) is 1.90. The second-order valence-corrected chi connectivity index (χ2v) is 10.6. The van der Waals surface area contributed by atoms with Crippen LogP contribution in [-0.4, -0.2) is 31.6 Å². The molecule has 2 amide bonds. The molecule has 0 saturated carbocycles. The summed E-state index contributed by atoms with van der Waals surface area (Å²) in [5, 5.41) is 0.0526. The van der Waals surface area contributed by atoms with Crippen molar-refractivity contribution in [2.24, 2.45) is 0 Å². The number of para-hydroxylation sites is 1. The molecule has 0 bridgehead atoms. The zero-order valence-electron chi connectivity index (χ0n) is 18.7. The van der Waals surface area contributed by atoms with E-state index in [9.17, 15) is 18.0 Å². The van der Waals surface area contributed by atoms with Gasteiger partial charge in [0.25, 0.3) is 11.1 Å². The van der Waals surface area contributed by atoms with E-state index < -0.39 is 21.3 Å². The molecule has 0 spiro atoms. The molecular weight excluding hydrogens is 510 g/mol. The first-order chi connectivity index (χ1) is 16.7. The lowest BCUT2D eigenvalue weighted by atomic mass is 10.1. The third-order valence-corrected chi connectivity index (χ3v) is 7.50. The molecule has 0 N–H and O–H groups in total. The van der Waals surface area contributed by atoms with Gasteiger partial charge in [0.2, 0.25) is 0 Å². The molecule has 1 heterocycles. The van der Waals surface area contributed by atoms with Crippen LogP contribution in [0.3, 0.4) is 0 Å². The number of carbonyl (C=O) groups is 2. The fraction of sp³-hybridized carbons (Fsp3) is 0.120. The number of imide groups is 1. The Hall–Kier alpha value is -3.27. The maximum atomic E-state index is 13.0. The molecule has 180 valence electrons. The summed E-state index contributed by atoms with van der Waals surface area (Å²) in [7, 11) is -2.81. The van der Waals surface area contributed by atoms with Gasteiger partial charge >= 0.3 is 10.1 Å². The molecule has 0 aliphatic carbocycles. The van der Waals surface area contributed by atoms with Crippen molar-refractivity contribution < 1.29 is 26.9 Å². The first kappa shape index (κ1) is 24.8. The van der Waals surface area contributed by atoms with Gasteiger partial charge in [-0.3, -0.25) is 14.5 Å². The molecule has 0 radical (unpaired) electrons. The summed E-state index contributed by atoms with van der Waals surface area (Å²) in [6, 6.07) is 17.9. The van der Waals surface area contributed by atoms with Crippen molar-refractivity contribution in [2.45, 2.75) is 18.4 Å². The maximum Gasteiger partial charge on any atom is 0.339 e. The monoisotopic (exact) mass is 529 g/mol. The summed E-state index contributed by atoms with van der Waals surface area (Å²) in [4.78, 5) is 26.8. The highest BCUT2D eigenvalue weighted by molar-refractivity contribution is 8.18. The molecule has 4 rings (SSSR count). The van der Waals surface area contributed by atoms with Crippen LogP contribution < -0.4 is 8.92 Å². The van der Waals surface area contributed by atoms with Gasteiger partial charge in [-0.2, -0.15) is 8.42 Å². The lowest BCUT2D eigenvalue weighted by Crippen LogP contribution is -2.27. The van der Waals surface area contributed by atoms with E-state index >= 15 is 0 Å². The second-order valence-electron chi connectivity index (χ2n) is 7.63. The summed E-state index contributed by atoms with van der Waals surface area (Å²) in [5.74, 6) is -0.431. The van der Waals surface area contributed by atoms with Crippen molar-refractivity contribution in [1.29, 1.82) is 0 Å². The number of amides is 2. The molecule has 0 atom stereocenters. The smallest absolute Gasteiger partial charge is 0.339 e. The predicted octanol–water partition coefficient (Wildman–Crippen LogP) is 5.66. The van der Waals surface area contributed by atoms with E-state index in [4.69, 9.17) is 20.5 Å². The van der Waals surface area contributed by atoms with E-state index in [-0.39, 0.29) is 33.4 Å². The number of hydrogen-bond donors (Lipinski definition) is 0. The lowest BCUT2D eigenvalue weighted by molar-refractivity contribution is -0.123. The average molecular weight is 530 g/mol. The number of halogens is 1. The molecule has 1 saturated heterocycles. The number of ether oxygens (including phenoxy) is 1. The van der Waals surface area contributed by atoms with Crippen molar-refractivity contribution in [2.75, 3.05) is 7.11 Å². The van der Waals surface area contributed by atoms with Crippen LogP contribution in [0.15, 0.2) is 76.5 Å². The number of hydrogen-bond acceptors (Lipinski definition) is 7. The van der Waals surface area contributed by atoms with E-state index in [0.29, 0.717) is 10.6 Å². The zero-order chi connectivity index (χ0) is 25.2. The minimum absolute atomic E-state index is 0.0261. The van der Waals surface area contributed by atoms with Crippen molar-refractivity contribution in [1.82, 2.24) is 4.90 Å². The third kappa shape index (κ3) is 5.53. The molecule has 0 aromatic heterocycles. The lowest BCUT2D eigenvalue weighted by Gasteiger charge is -2.14. The summed E-state index contributed by atoms with van der Waals surface area (Å²) in [5.41, 5.74) is 1.87. The van der Waals surface area contributed by atoms with Crippen LogP contribution in [-0.2, 0) is 21.5 Å². The van der Waals surface area contributed by atoms with Gasteiger partial charge in [-0.05, 0) is 60.7 Å². The molecule has 10 heteroatoms. The first-order valence-electron chi connectivity index (χ1n) is 10.4. The number of aryl methyl sites for hydroxylation is 1. The maximum absolute atomic E-state index is 13.0. The molecule has 1 fully saturated rings. The molecule has 7 nitrogen and oxygen atoms in total. The number of carbonyl (C=O) groups excluding carboxylic acids is 2. The second kappa shape index (κ2) is 10.2. The molecule has 3 aromatic rings. The highest BCUT2D eigenvalue weighted by Gasteiger charge is 2.35.